The Hall–Kier alpha value is -0.380. The van der Waals surface area contributed by atoms with E-state index >= 15 is 0 Å². The standard InChI is InChI=1S/C12H17BrN2/c1-8-3-4-9(13)7-10(8)11(15-2)12(14)5-6-12/h3-4,7,11,15H,5-6,14H2,1-2H3. The number of hydrogen-bond donors (Lipinski definition) is 2. The third-order valence-corrected chi connectivity index (χ3v) is 3.74. The minimum Gasteiger partial charge on any atom is -0.323 e. The van der Waals surface area contributed by atoms with Crippen molar-refractivity contribution in [2.75, 3.05) is 7.05 Å². The fourth-order valence-electron chi connectivity index (χ4n) is 2.11. The van der Waals surface area contributed by atoms with Crippen molar-refractivity contribution in [2.45, 2.75) is 31.3 Å². The van der Waals surface area contributed by atoms with Gasteiger partial charge in [-0.3, -0.25) is 0 Å². The molecule has 0 aromatic heterocycles. The summed E-state index contributed by atoms with van der Waals surface area (Å²) in [6, 6.07) is 6.65. The van der Waals surface area contributed by atoms with E-state index in [0.717, 1.165) is 17.3 Å². The van der Waals surface area contributed by atoms with E-state index in [9.17, 15) is 0 Å². The molecule has 0 aliphatic heterocycles. The molecule has 0 amide bonds. The van der Waals surface area contributed by atoms with Crippen molar-refractivity contribution in [1.29, 1.82) is 0 Å². The minimum atomic E-state index is -0.0275. The highest BCUT2D eigenvalue weighted by Gasteiger charge is 2.46. The smallest absolute Gasteiger partial charge is 0.0503 e. The first-order chi connectivity index (χ1) is 7.07. The first-order valence-corrected chi connectivity index (χ1v) is 6.08. The zero-order chi connectivity index (χ0) is 11.1. The quantitative estimate of drug-likeness (QED) is 0.884. The summed E-state index contributed by atoms with van der Waals surface area (Å²) >= 11 is 3.51. The number of nitrogens with two attached hydrogens (primary N) is 1. The summed E-state index contributed by atoms with van der Waals surface area (Å²) in [6.07, 6.45) is 2.23. The summed E-state index contributed by atoms with van der Waals surface area (Å²) in [5.41, 5.74) is 8.86. The van der Waals surface area contributed by atoms with E-state index in [1.165, 1.54) is 11.1 Å². The number of nitrogens with one attached hydrogen (secondary N) is 1. The maximum absolute atomic E-state index is 6.27. The molecule has 3 heteroatoms. The van der Waals surface area contributed by atoms with Gasteiger partial charge in [0.2, 0.25) is 0 Å². The highest BCUT2D eigenvalue weighted by atomic mass is 79.9. The Morgan fingerprint density at radius 1 is 1.47 bits per heavy atom. The van der Waals surface area contributed by atoms with Crippen LogP contribution in [0, 0.1) is 6.92 Å². The number of rotatable bonds is 3. The molecule has 1 fully saturated rings. The number of hydrogen-bond acceptors (Lipinski definition) is 2. The van der Waals surface area contributed by atoms with E-state index in [2.05, 4.69) is 46.4 Å². The normalized spacial score (nSPS) is 20.0. The molecule has 1 unspecified atom stereocenters. The molecular weight excluding hydrogens is 252 g/mol. The third-order valence-electron chi connectivity index (χ3n) is 3.24. The van der Waals surface area contributed by atoms with Gasteiger partial charge in [0.25, 0.3) is 0 Å². The second-order valence-electron chi connectivity index (χ2n) is 4.46. The lowest BCUT2D eigenvalue weighted by Gasteiger charge is -2.25. The molecule has 0 spiro atoms. The molecule has 2 nitrogen and oxygen atoms in total. The molecule has 1 aliphatic rings. The van der Waals surface area contributed by atoms with Gasteiger partial charge in [-0.15, -0.1) is 0 Å². The van der Waals surface area contributed by atoms with Crippen molar-refractivity contribution < 1.29 is 0 Å². The number of halogens is 1. The molecule has 1 saturated carbocycles. The Morgan fingerprint density at radius 2 is 2.13 bits per heavy atom. The Balaban J connectivity index is 2.37. The molecule has 3 N–H and O–H groups in total. The van der Waals surface area contributed by atoms with Crippen LogP contribution in [-0.2, 0) is 0 Å². The lowest BCUT2D eigenvalue weighted by molar-refractivity contribution is 0.459. The first-order valence-electron chi connectivity index (χ1n) is 5.29. The van der Waals surface area contributed by atoms with Crippen LogP contribution in [0.15, 0.2) is 22.7 Å². The fourth-order valence-corrected chi connectivity index (χ4v) is 2.49. The first kappa shape index (κ1) is 11.1. The zero-order valence-corrected chi connectivity index (χ0v) is 10.8. The van der Waals surface area contributed by atoms with E-state index in [1.54, 1.807) is 0 Å². The highest BCUT2D eigenvalue weighted by molar-refractivity contribution is 9.10. The zero-order valence-electron chi connectivity index (χ0n) is 9.18. The number of aryl methyl sites for hydroxylation is 1. The Bertz CT molecular complexity index is 372. The predicted molar refractivity (Wildman–Crippen MR) is 66.8 cm³/mol. The number of benzene rings is 1. The molecule has 0 bridgehead atoms. The van der Waals surface area contributed by atoms with Crippen LogP contribution in [0.5, 0.6) is 0 Å². The topological polar surface area (TPSA) is 38.0 Å². The van der Waals surface area contributed by atoms with Gasteiger partial charge in [0.1, 0.15) is 0 Å². The molecule has 1 atom stereocenters. The molecule has 0 saturated heterocycles. The van der Waals surface area contributed by atoms with Crippen molar-refractivity contribution in [3.05, 3.63) is 33.8 Å². The maximum Gasteiger partial charge on any atom is 0.0503 e. The van der Waals surface area contributed by atoms with Gasteiger partial charge in [0.05, 0.1) is 6.04 Å². The van der Waals surface area contributed by atoms with Gasteiger partial charge in [0, 0.05) is 10.0 Å². The van der Waals surface area contributed by atoms with Crippen molar-refractivity contribution in [3.8, 4) is 0 Å². The van der Waals surface area contributed by atoms with E-state index in [0.29, 0.717) is 0 Å². The van der Waals surface area contributed by atoms with Crippen molar-refractivity contribution in [3.63, 3.8) is 0 Å². The summed E-state index contributed by atoms with van der Waals surface area (Å²) in [5, 5.41) is 3.34. The average Bonchev–Trinajstić information content (AvgIpc) is 2.92. The van der Waals surface area contributed by atoms with Crippen molar-refractivity contribution >= 4 is 15.9 Å². The van der Waals surface area contributed by atoms with E-state index < -0.39 is 0 Å². The Labute approximate surface area is 99.4 Å². The average molecular weight is 269 g/mol. The molecule has 0 radical (unpaired) electrons. The second kappa shape index (κ2) is 3.89. The lowest BCUT2D eigenvalue weighted by Crippen LogP contribution is -2.38. The molecular formula is C12H17BrN2. The fraction of sp³-hybridized carbons (Fsp3) is 0.500. The van der Waals surface area contributed by atoms with Gasteiger partial charge < -0.3 is 11.1 Å². The monoisotopic (exact) mass is 268 g/mol. The van der Waals surface area contributed by atoms with Gasteiger partial charge in [-0.2, -0.15) is 0 Å². The predicted octanol–water partition coefficient (Wildman–Crippen LogP) is 2.51. The molecule has 1 aliphatic carbocycles. The SMILES string of the molecule is CNC(c1cc(Br)ccc1C)C1(N)CC1. The van der Waals surface area contributed by atoms with Gasteiger partial charge in [-0.05, 0) is 50.1 Å². The summed E-state index contributed by atoms with van der Waals surface area (Å²) in [4.78, 5) is 0. The minimum absolute atomic E-state index is 0.0275. The summed E-state index contributed by atoms with van der Waals surface area (Å²) in [7, 11) is 1.98. The van der Waals surface area contributed by atoms with Crippen LogP contribution in [0.1, 0.15) is 30.0 Å². The van der Waals surface area contributed by atoms with Gasteiger partial charge in [-0.1, -0.05) is 22.0 Å². The molecule has 1 aromatic carbocycles. The highest BCUT2D eigenvalue weighted by Crippen LogP contribution is 2.44. The second-order valence-corrected chi connectivity index (χ2v) is 5.37. The van der Waals surface area contributed by atoms with Gasteiger partial charge >= 0.3 is 0 Å². The van der Waals surface area contributed by atoms with Crippen LogP contribution in [0.3, 0.4) is 0 Å². The van der Waals surface area contributed by atoms with E-state index in [-0.39, 0.29) is 11.6 Å². The summed E-state index contributed by atoms with van der Waals surface area (Å²) in [5.74, 6) is 0. The van der Waals surface area contributed by atoms with Crippen LogP contribution in [0.2, 0.25) is 0 Å². The van der Waals surface area contributed by atoms with Crippen molar-refractivity contribution in [2.24, 2.45) is 5.73 Å². The van der Waals surface area contributed by atoms with Crippen LogP contribution in [0.4, 0.5) is 0 Å². The molecule has 15 heavy (non-hydrogen) atoms. The lowest BCUT2D eigenvalue weighted by atomic mass is 9.94. The maximum atomic E-state index is 6.27. The summed E-state index contributed by atoms with van der Waals surface area (Å²) < 4.78 is 1.12. The van der Waals surface area contributed by atoms with E-state index in [1.807, 2.05) is 7.05 Å². The van der Waals surface area contributed by atoms with Crippen LogP contribution >= 0.6 is 15.9 Å². The Kier molecular flexibility index (Phi) is 2.88. The van der Waals surface area contributed by atoms with Crippen LogP contribution in [-0.4, -0.2) is 12.6 Å². The largest absolute Gasteiger partial charge is 0.323 e. The van der Waals surface area contributed by atoms with Crippen LogP contribution in [0.25, 0.3) is 0 Å². The van der Waals surface area contributed by atoms with Crippen LogP contribution < -0.4 is 11.1 Å². The van der Waals surface area contributed by atoms with Crippen molar-refractivity contribution in [1.82, 2.24) is 5.32 Å². The number of likely N-dealkylation sites (N-methyl/N-ethyl adjacent to an activating group) is 1. The molecule has 1 aromatic rings. The molecule has 82 valence electrons. The molecule has 0 heterocycles. The third kappa shape index (κ3) is 2.10. The molecule has 2 rings (SSSR count). The summed E-state index contributed by atoms with van der Waals surface area (Å²) in [6.45, 7) is 2.14. The van der Waals surface area contributed by atoms with E-state index in [4.69, 9.17) is 5.73 Å². The van der Waals surface area contributed by atoms with Gasteiger partial charge in [0.15, 0.2) is 0 Å². The van der Waals surface area contributed by atoms with Gasteiger partial charge in [-0.25, -0.2) is 0 Å². The Morgan fingerprint density at radius 3 is 2.67 bits per heavy atom.